The highest BCUT2D eigenvalue weighted by Crippen LogP contribution is 2.40. The number of aliphatic carboxylic acids is 1. The number of carboxylic acids is 1. The second-order valence-electron chi connectivity index (χ2n) is 5.47. The second-order valence-corrected chi connectivity index (χ2v) is 5.47. The summed E-state index contributed by atoms with van der Waals surface area (Å²) < 4.78 is 0. The Morgan fingerprint density at radius 3 is 2.42 bits per heavy atom. The molecule has 1 aliphatic rings. The minimum atomic E-state index is -0.986. The fraction of sp³-hybridized carbons (Fsp3) is 0.467. The van der Waals surface area contributed by atoms with Crippen LogP contribution in [0.4, 0.5) is 0 Å². The third-order valence-electron chi connectivity index (χ3n) is 3.89. The molecule has 4 nitrogen and oxygen atoms in total. The molecule has 1 fully saturated rings. The highest BCUT2D eigenvalue weighted by atomic mass is 16.4. The minimum absolute atomic E-state index is 0.137. The van der Waals surface area contributed by atoms with Gasteiger partial charge < -0.3 is 10.4 Å². The summed E-state index contributed by atoms with van der Waals surface area (Å²) in [5.74, 6) is -1.12. The summed E-state index contributed by atoms with van der Waals surface area (Å²) in [4.78, 5) is 23.3. The third kappa shape index (κ3) is 3.13. The number of rotatable bonds is 5. The van der Waals surface area contributed by atoms with Crippen molar-refractivity contribution in [1.82, 2.24) is 5.32 Å². The van der Waals surface area contributed by atoms with E-state index in [0.29, 0.717) is 6.42 Å². The van der Waals surface area contributed by atoms with Crippen molar-refractivity contribution >= 4 is 11.9 Å². The van der Waals surface area contributed by atoms with Crippen LogP contribution in [-0.2, 0) is 16.0 Å². The molecule has 0 saturated heterocycles. The zero-order valence-electron chi connectivity index (χ0n) is 11.1. The lowest BCUT2D eigenvalue weighted by molar-refractivity contribution is -0.145. The van der Waals surface area contributed by atoms with Gasteiger partial charge >= 0.3 is 5.97 Å². The largest absolute Gasteiger partial charge is 0.480 e. The summed E-state index contributed by atoms with van der Waals surface area (Å²) in [7, 11) is 0. The molecular weight excluding hydrogens is 242 g/mol. The van der Waals surface area contributed by atoms with Gasteiger partial charge in [0.05, 0.1) is 0 Å². The maximum Gasteiger partial charge on any atom is 0.326 e. The van der Waals surface area contributed by atoms with Crippen molar-refractivity contribution in [3.05, 3.63) is 35.9 Å². The monoisotopic (exact) mass is 261 g/mol. The lowest BCUT2D eigenvalue weighted by Crippen LogP contribution is -2.50. The number of benzene rings is 1. The summed E-state index contributed by atoms with van der Waals surface area (Å²) >= 11 is 0. The molecule has 102 valence electrons. The van der Waals surface area contributed by atoms with Crippen LogP contribution in [-0.4, -0.2) is 23.0 Å². The van der Waals surface area contributed by atoms with Gasteiger partial charge in [0.2, 0.25) is 5.91 Å². The molecular formula is C15H19NO3. The molecule has 0 aromatic heterocycles. The Labute approximate surface area is 112 Å². The van der Waals surface area contributed by atoms with E-state index in [2.05, 4.69) is 5.32 Å². The molecule has 1 aromatic rings. The maximum absolute atomic E-state index is 12.1. The minimum Gasteiger partial charge on any atom is -0.480 e. The Morgan fingerprint density at radius 1 is 1.32 bits per heavy atom. The van der Waals surface area contributed by atoms with E-state index in [1.807, 2.05) is 37.3 Å². The Balaban J connectivity index is 2.01. The van der Waals surface area contributed by atoms with E-state index in [1.165, 1.54) is 0 Å². The summed E-state index contributed by atoms with van der Waals surface area (Å²) in [5.41, 5.74) is 0.540. The third-order valence-corrected chi connectivity index (χ3v) is 3.89. The van der Waals surface area contributed by atoms with Gasteiger partial charge in [0.15, 0.2) is 0 Å². The fourth-order valence-electron chi connectivity index (χ4n) is 2.32. The van der Waals surface area contributed by atoms with E-state index in [1.54, 1.807) is 0 Å². The predicted molar refractivity (Wildman–Crippen MR) is 71.7 cm³/mol. The van der Waals surface area contributed by atoms with Crippen molar-refractivity contribution in [3.8, 4) is 0 Å². The van der Waals surface area contributed by atoms with Crippen LogP contribution < -0.4 is 5.32 Å². The second kappa shape index (κ2) is 5.43. The van der Waals surface area contributed by atoms with E-state index in [0.717, 1.165) is 24.8 Å². The molecule has 2 rings (SSSR count). The van der Waals surface area contributed by atoms with Crippen molar-refractivity contribution in [3.63, 3.8) is 0 Å². The van der Waals surface area contributed by atoms with Gasteiger partial charge in [-0.05, 0) is 18.4 Å². The standard InChI is InChI=1S/C15H19NO3/c1-15(8-5-9-15)14(19)16-12(13(17)18)10-11-6-3-2-4-7-11/h2-4,6-7,12H,5,8-10H2,1H3,(H,16,19)(H,17,18). The molecule has 1 unspecified atom stereocenters. The quantitative estimate of drug-likeness (QED) is 0.851. The van der Waals surface area contributed by atoms with Crippen molar-refractivity contribution < 1.29 is 14.7 Å². The van der Waals surface area contributed by atoms with Gasteiger partial charge in [0, 0.05) is 11.8 Å². The summed E-state index contributed by atoms with van der Waals surface area (Å²) in [5, 5.41) is 11.9. The Morgan fingerprint density at radius 2 is 1.95 bits per heavy atom. The number of hydrogen-bond acceptors (Lipinski definition) is 2. The maximum atomic E-state index is 12.1. The number of carbonyl (C=O) groups excluding carboxylic acids is 1. The van der Waals surface area contributed by atoms with Gasteiger partial charge in [0.1, 0.15) is 6.04 Å². The first-order valence-electron chi connectivity index (χ1n) is 6.59. The van der Waals surface area contributed by atoms with Gasteiger partial charge in [-0.3, -0.25) is 4.79 Å². The summed E-state index contributed by atoms with van der Waals surface area (Å²) in [6, 6.07) is 8.49. The van der Waals surface area contributed by atoms with Crippen molar-refractivity contribution in [1.29, 1.82) is 0 Å². The van der Waals surface area contributed by atoms with E-state index < -0.39 is 12.0 Å². The predicted octanol–water partition coefficient (Wildman–Crippen LogP) is 1.99. The van der Waals surface area contributed by atoms with Crippen LogP contribution in [0.2, 0.25) is 0 Å². The zero-order chi connectivity index (χ0) is 13.9. The molecule has 1 aromatic carbocycles. The van der Waals surface area contributed by atoms with Crippen LogP contribution in [0.1, 0.15) is 31.7 Å². The Bertz CT molecular complexity index is 466. The number of carboxylic acid groups (broad SMARTS) is 1. The molecule has 0 aliphatic heterocycles. The zero-order valence-corrected chi connectivity index (χ0v) is 11.1. The molecule has 0 spiro atoms. The number of nitrogens with one attached hydrogen (secondary N) is 1. The van der Waals surface area contributed by atoms with Crippen molar-refractivity contribution in [2.75, 3.05) is 0 Å². The molecule has 0 bridgehead atoms. The van der Waals surface area contributed by atoms with Crippen LogP contribution in [0.5, 0.6) is 0 Å². The lowest BCUT2D eigenvalue weighted by atomic mass is 9.69. The average molecular weight is 261 g/mol. The lowest BCUT2D eigenvalue weighted by Gasteiger charge is -2.37. The number of hydrogen-bond donors (Lipinski definition) is 2. The van der Waals surface area contributed by atoms with Gasteiger partial charge in [-0.2, -0.15) is 0 Å². The van der Waals surface area contributed by atoms with E-state index in [9.17, 15) is 14.7 Å². The first-order valence-corrected chi connectivity index (χ1v) is 6.59. The number of carbonyl (C=O) groups is 2. The number of amides is 1. The smallest absolute Gasteiger partial charge is 0.326 e. The van der Waals surface area contributed by atoms with Gasteiger partial charge in [-0.25, -0.2) is 4.79 Å². The van der Waals surface area contributed by atoms with Crippen LogP contribution in [0.25, 0.3) is 0 Å². The molecule has 19 heavy (non-hydrogen) atoms. The molecule has 4 heteroatoms. The molecule has 0 radical (unpaired) electrons. The molecule has 1 atom stereocenters. The molecule has 0 heterocycles. The van der Waals surface area contributed by atoms with Crippen LogP contribution in [0, 0.1) is 5.41 Å². The molecule has 2 N–H and O–H groups in total. The van der Waals surface area contributed by atoms with Gasteiger partial charge in [-0.1, -0.05) is 43.7 Å². The summed E-state index contributed by atoms with van der Waals surface area (Å²) in [6.45, 7) is 1.90. The molecule has 1 aliphatic carbocycles. The van der Waals surface area contributed by atoms with Gasteiger partial charge in [0.25, 0.3) is 0 Å². The van der Waals surface area contributed by atoms with Crippen molar-refractivity contribution in [2.45, 2.75) is 38.6 Å². The normalized spacial score (nSPS) is 18.2. The molecule has 1 amide bonds. The summed E-state index contributed by atoms with van der Waals surface area (Å²) in [6.07, 6.45) is 3.05. The highest BCUT2D eigenvalue weighted by Gasteiger charge is 2.40. The van der Waals surface area contributed by atoms with Crippen LogP contribution in [0.3, 0.4) is 0 Å². The van der Waals surface area contributed by atoms with Crippen molar-refractivity contribution in [2.24, 2.45) is 5.41 Å². The van der Waals surface area contributed by atoms with E-state index in [4.69, 9.17) is 0 Å². The van der Waals surface area contributed by atoms with Crippen LogP contribution in [0.15, 0.2) is 30.3 Å². The topological polar surface area (TPSA) is 66.4 Å². The SMILES string of the molecule is CC1(C(=O)NC(Cc2ccccc2)C(=O)O)CCC1. The molecule has 1 saturated carbocycles. The fourth-order valence-corrected chi connectivity index (χ4v) is 2.32. The first kappa shape index (κ1) is 13.6. The van der Waals surface area contributed by atoms with Crippen LogP contribution >= 0.6 is 0 Å². The van der Waals surface area contributed by atoms with E-state index in [-0.39, 0.29) is 11.3 Å². The highest BCUT2D eigenvalue weighted by molar-refractivity contribution is 5.87. The van der Waals surface area contributed by atoms with Gasteiger partial charge in [-0.15, -0.1) is 0 Å². The first-order chi connectivity index (χ1) is 9.01. The Kier molecular flexibility index (Phi) is 3.88. The van der Waals surface area contributed by atoms with E-state index >= 15 is 0 Å². The average Bonchev–Trinajstić information content (AvgIpc) is 2.36. The Hall–Kier alpha value is -1.84.